The van der Waals surface area contributed by atoms with Gasteiger partial charge in [0.25, 0.3) is 5.91 Å². The predicted octanol–water partition coefficient (Wildman–Crippen LogP) is 1.28. The second kappa shape index (κ2) is 5.61. The molecule has 1 amide bonds. The van der Waals surface area contributed by atoms with Crippen molar-refractivity contribution >= 4 is 5.91 Å². The Labute approximate surface area is 113 Å². The molecule has 0 bridgehead atoms. The van der Waals surface area contributed by atoms with Crippen LogP contribution in [0.1, 0.15) is 12.8 Å². The van der Waals surface area contributed by atoms with Crippen molar-refractivity contribution in [3.8, 4) is 5.75 Å². The van der Waals surface area contributed by atoms with Crippen LogP contribution >= 0.6 is 0 Å². The van der Waals surface area contributed by atoms with E-state index in [9.17, 15) is 4.79 Å². The van der Waals surface area contributed by atoms with Crippen LogP contribution in [0, 0.1) is 5.92 Å². The molecule has 0 saturated carbocycles. The van der Waals surface area contributed by atoms with Gasteiger partial charge in [0.15, 0.2) is 6.61 Å². The van der Waals surface area contributed by atoms with Gasteiger partial charge >= 0.3 is 0 Å². The molecule has 0 radical (unpaired) electrons. The molecule has 2 saturated heterocycles. The Morgan fingerprint density at radius 2 is 2.16 bits per heavy atom. The minimum Gasteiger partial charge on any atom is -0.484 e. The van der Waals surface area contributed by atoms with Crippen molar-refractivity contribution in [2.24, 2.45) is 5.92 Å². The number of benzene rings is 1. The molecule has 2 fully saturated rings. The van der Waals surface area contributed by atoms with E-state index in [2.05, 4.69) is 5.32 Å². The molecule has 0 aromatic heterocycles. The number of carbonyl (C=O) groups excluding carboxylic acids is 1. The highest BCUT2D eigenvalue weighted by molar-refractivity contribution is 5.78. The van der Waals surface area contributed by atoms with Gasteiger partial charge in [-0.3, -0.25) is 4.79 Å². The number of amides is 1. The number of piperidine rings is 1. The molecular weight excluding hydrogens is 240 g/mol. The third kappa shape index (κ3) is 2.73. The van der Waals surface area contributed by atoms with E-state index in [0.717, 1.165) is 31.8 Å². The van der Waals surface area contributed by atoms with E-state index in [-0.39, 0.29) is 12.5 Å². The summed E-state index contributed by atoms with van der Waals surface area (Å²) in [4.78, 5) is 14.3. The Morgan fingerprint density at radius 1 is 1.32 bits per heavy atom. The molecule has 2 atom stereocenters. The number of nitrogens with zero attached hydrogens (tertiary/aromatic N) is 1. The molecule has 1 aromatic rings. The monoisotopic (exact) mass is 260 g/mol. The second-order valence-electron chi connectivity index (χ2n) is 5.32. The molecule has 1 N–H and O–H groups in total. The summed E-state index contributed by atoms with van der Waals surface area (Å²) in [5.74, 6) is 1.51. The molecule has 4 heteroatoms. The van der Waals surface area contributed by atoms with Crippen molar-refractivity contribution in [3.63, 3.8) is 0 Å². The highest BCUT2D eigenvalue weighted by atomic mass is 16.5. The summed E-state index contributed by atoms with van der Waals surface area (Å²) < 4.78 is 5.56. The third-order valence-electron chi connectivity index (χ3n) is 4.10. The maximum atomic E-state index is 12.3. The van der Waals surface area contributed by atoms with E-state index in [0.29, 0.717) is 12.0 Å². The first kappa shape index (κ1) is 12.5. The Balaban J connectivity index is 1.57. The molecule has 102 valence electrons. The minimum absolute atomic E-state index is 0.113. The summed E-state index contributed by atoms with van der Waals surface area (Å²) in [7, 11) is 0. The summed E-state index contributed by atoms with van der Waals surface area (Å²) in [6.07, 6.45) is 2.35. The van der Waals surface area contributed by atoms with Gasteiger partial charge in [0.1, 0.15) is 5.75 Å². The summed E-state index contributed by atoms with van der Waals surface area (Å²) in [5.41, 5.74) is 0. The maximum absolute atomic E-state index is 12.3. The Kier molecular flexibility index (Phi) is 3.69. The molecule has 19 heavy (non-hydrogen) atoms. The highest BCUT2D eigenvalue weighted by Gasteiger charge is 2.37. The number of likely N-dealkylation sites (tertiary alicyclic amines) is 1. The number of fused-ring (bicyclic) bond motifs is 1. The van der Waals surface area contributed by atoms with Crippen LogP contribution in [0.2, 0.25) is 0 Å². The van der Waals surface area contributed by atoms with Crippen molar-refractivity contribution in [2.45, 2.75) is 18.9 Å². The lowest BCUT2D eigenvalue weighted by atomic mass is 9.92. The van der Waals surface area contributed by atoms with Gasteiger partial charge in [-0.25, -0.2) is 0 Å². The van der Waals surface area contributed by atoms with Gasteiger partial charge < -0.3 is 15.0 Å². The first-order valence-electron chi connectivity index (χ1n) is 7.02. The van der Waals surface area contributed by atoms with Crippen LogP contribution < -0.4 is 10.1 Å². The maximum Gasteiger partial charge on any atom is 0.260 e. The Bertz CT molecular complexity index is 435. The molecule has 0 aliphatic carbocycles. The lowest BCUT2D eigenvalue weighted by molar-refractivity contribution is -0.137. The van der Waals surface area contributed by atoms with Crippen molar-refractivity contribution in [3.05, 3.63) is 30.3 Å². The zero-order valence-corrected chi connectivity index (χ0v) is 11.0. The van der Waals surface area contributed by atoms with Gasteiger partial charge in [0.05, 0.1) is 0 Å². The van der Waals surface area contributed by atoms with E-state index in [1.807, 2.05) is 35.2 Å². The second-order valence-corrected chi connectivity index (χ2v) is 5.32. The summed E-state index contributed by atoms with van der Waals surface area (Å²) in [5, 5.41) is 3.39. The number of ether oxygens (including phenoxy) is 1. The number of hydrogen-bond donors (Lipinski definition) is 1. The first-order chi connectivity index (χ1) is 9.34. The summed E-state index contributed by atoms with van der Waals surface area (Å²) in [6, 6.07) is 9.90. The topological polar surface area (TPSA) is 41.6 Å². The van der Waals surface area contributed by atoms with Crippen molar-refractivity contribution < 1.29 is 9.53 Å². The molecule has 2 unspecified atom stereocenters. The number of rotatable bonds is 3. The van der Waals surface area contributed by atoms with Crippen LogP contribution in [0.15, 0.2) is 30.3 Å². The van der Waals surface area contributed by atoms with Crippen LogP contribution in [0.3, 0.4) is 0 Å². The van der Waals surface area contributed by atoms with Crippen molar-refractivity contribution in [1.29, 1.82) is 0 Å². The molecule has 2 heterocycles. The Morgan fingerprint density at radius 3 is 3.00 bits per heavy atom. The van der Waals surface area contributed by atoms with E-state index in [4.69, 9.17) is 4.74 Å². The molecule has 1 aromatic carbocycles. The number of nitrogens with one attached hydrogen (secondary N) is 1. The normalized spacial score (nSPS) is 26.0. The van der Waals surface area contributed by atoms with Crippen molar-refractivity contribution in [1.82, 2.24) is 10.2 Å². The van der Waals surface area contributed by atoms with Crippen LogP contribution in [0.25, 0.3) is 0 Å². The van der Waals surface area contributed by atoms with Crippen LogP contribution in [0.4, 0.5) is 0 Å². The molecular formula is C15H20N2O2. The van der Waals surface area contributed by atoms with Crippen molar-refractivity contribution in [2.75, 3.05) is 26.2 Å². The summed E-state index contributed by atoms with van der Waals surface area (Å²) in [6.45, 7) is 3.00. The standard InChI is InChI=1S/C15H20N2O2/c18-15(11-19-13-6-2-1-3-7-13)17-8-4-5-12-9-16-10-14(12)17/h1-3,6-7,12,14,16H,4-5,8-11H2. The fourth-order valence-electron chi connectivity index (χ4n) is 3.12. The van der Waals surface area contributed by atoms with Crippen LogP contribution in [-0.4, -0.2) is 43.1 Å². The van der Waals surface area contributed by atoms with Gasteiger partial charge in [-0.1, -0.05) is 18.2 Å². The van der Waals surface area contributed by atoms with E-state index < -0.39 is 0 Å². The zero-order valence-electron chi connectivity index (χ0n) is 11.0. The molecule has 4 nitrogen and oxygen atoms in total. The lowest BCUT2D eigenvalue weighted by Crippen LogP contribution is -2.49. The first-order valence-corrected chi connectivity index (χ1v) is 7.02. The molecule has 2 aliphatic rings. The van der Waals surface area contributed by atoms with E-state index in [1.54, 1.807) is 0 Å². The summed E-state index contributed by atoms with van der Waals surface area (Å²) >= 11 is 0. The van der Waals surface area contributed by atoms with Crippen LogP contribution in [-0.2, 0) is 4.79 Å². The van der Waals surface area contributed by atoms with Gasteiger partial charge in [0, 0.05) is 25.7 Å². The predicted molar refractivity (Wildman–Crippen MR) is 73.0 cm³/mol. The SMILES string of the molecule is O=C(COc1ccccc1)N1CCCC2CNCC21. The fraction of sp³-hybridized carbons (Fsp3) is 0.533. The Hall–Kier alpha value is -1.55. The third-order valence-corrected chi connectivity index (χ3v) is 4.10. The molecule has 2 aliphatic heterocycles. The number of hydrogen-bond acceptors (Lipinski definition) is 3. The molecule has 0 spiro atoms. The van der Waals surface area contributed by atoms with Crippen LogP contribution in [0.5, 0.6) is 5.75 Å². The minimum atomic E-state index is 0.113. The molecule has 3 rings (SSSR count). The highest BCUT2D eigenvalue weighted by Crippen LogP contribution is 2.26. The van der Waals surface area contributed by atoms with Gasteiger partial charge in [0.2, 0.25) is 0 Å². The smallest absolute Gasteiger partial charge is 0.260 e. The number of carbonyl (C=O) groups is 1. The van der Waals surface area contributed by atoms with Gasteiger partial charge in [-0.15, -0.1) is 0 Å². The van der Waals surface area contributed by atoms with E-state index in [1.165, 1.54) is 6.42 Å². The lowest BCUT2D eigenvalue weighted by Gasteiger charge is -2.36. The van der Waals surface area contributed by atoms with E-state index >= 15 is 0 Å². The largest absolute Gasteiger partial charge is 0.484 e. The number of para-hydroxylation sites is 1. The van der Waals surface area contributed by atoms with Gasteiger partial charge in [-0.2, -0.15) is 0 Å². The van der Waals surface area contributed by atoms with Gasteiger partial charge in [-0.05, 0) is 30.9 Å². The average Bonchev–Trinajstić information content (AvgIpc) is 2.94. The quantitative estimate of drug-likeness (QED) is 0.890. The fourth-order valence-corrected chi connectivity index (χ4v) is 3.12. The zero-order chi connectivity index (χ0) is 13.1. The average molecular weight is 260 g/mol.